The molecular formula is C51H81NO12. The van der Waals surface area contributed by atoms with Crippen molar-refractivity contribution in [2.45, 2.75) is 180 Å². The first-order valence-corrected chi connectivity index (χ1v) is 23.9. The zero-order valence-electron chi connectivity index (χ0n) is 40.4. The van der Waals surface area contributed by atoms with E-state index in [1.165, 1.54) is 7.11 Å². The summed E-state index contributed by atoms with van der Waals surface area (Å²) in [5.41, 5.74) is 1.37. The van der Waals surface area contributed by atoms with Crippen molar-refractivity contribution in [3.8, 4) is 0 Å². The molecule has 362 valence electrons. The fourth-order valence-electron chi connectivity index (χ4n) is 10.2. The molecule has 0 aromatic heterocycles. The fourth-order valence-corrected chi connectivity index (χ4v) is 10.2. The number of aliphatic hydroxyl groups excluding tert-OH is 2. The Balaban J connectivity index is 1.67. The predicted octanol–water partition coefficient (Wildman–Crippen LogP) is 6.65. The smallest absolute Gasteiger partial charge is 0.323 e. The summed E-state index contributed by atoms with van der Waals surface area (Å²) in [5.74, 6) is -5.11. The van der Waals surface area contributed by atoms with Gasteiger partial charge in [0.25, 0.3) is 0 Å². The molecule has 1 saturated carbocycles. The van der Waals surface area contributed by atoms with Crippen molar-refractivity contribution in [1.82, 2.24) is 4.90 Å². The van der Waals surface area contributed by atoms with Gasteiger partial charge in [0.05, 0.1) is 31.0 Å². The van der Waals surface area contributed by atoms with Gasteiger partial charge in [-0.2, -0.15) is 0 Å². The third-order valence-electron chi connectivity index (χ3n) is 14.6. The highest BCUT2D eigenvalue weighted by Gasteiger charge is 2.49. The largest absolute Gasteiger partial charge is 0.460 e. The van der Waals surface area contributed by atoms with E-state index in [9.17, 15) is 34.5 Å². The van der Waals surface area contributed by atoms with E-state index in [1.807, 2.05) is 65.0 Å². The van der Waals surface area contributed by atoms with Crippen LogP contribution in [0.5, 0.6) is 0 Å². The number of rotatable bonds is 6. The summed E-state index contributed by atoms with van der Waals surface area (Å²) in [7, 11) is 4.62. The Hall–Kier alpha value is -2.88. The molecule has 0 spiro atoms. The number of carbonyl (C=O) groups excluding carboxylic acids is 4. The molecule has 4 rings (SSSR count). The first kappa shape index (κ1) is 53.7. The molecule has 0 unspecified atom stereocenters. The predicted molar refractivity (Wildman–Crippen MR) is 245 cm³/mol. The van der Waals surface area contributed by atoms with Gasteiger partial charge in [0.15, 0.2) is 5.78 Å². The maximum absolute atomic E-state index is 14.4. The number of fused-ring (bicyclic) bond motifs is 3. The number of piperidine rings is 1. The van der Waals surface area contributed by atoms with E-state index in [0.717, 1.165) is 24.8 Å². The van der Waals surface area contributed by atoms with Gasteiger partial charge in [0, 0.05) is 51.9 Å². The number of carbonyl (C=O) groups is 4. The van der Waals surface area contributed by atoms with Gasteiger partial charge in [0.1, 0.15) is 30.1 Å². The zero-order chi connectivity index (χ0) is 47.3. The maximum Gasteiger partial charge on any atom is 0.323 e. The molecule has 1 aliphatic carbocycles. The third-order valence-corrected chi connectivity index (χ3v) is 14.6. The minimum atomic E-state index is -2.05. The van der Waals surface area contributed by atoms with E-state index in [-0.39, 0.29) is 54.5 Å². The fraction of sp³-hybridized carbons (Fsp3) is 0.765. The Morgan fingerprint density at radius 3 is 2.28 bits per heavy atom. The van der Waals surface area contributed by atoms with Gasteiger partial charge in [-0.1, -0.05) is 77.5 Å². The molecule has 0 aromatic rings. The maximum atomic E-state index is 14.4. The first-order chi connectivity index (χ1) is 30.3. The summed E-state index contributed by atoms with van der Waals surface area (Å²) < 4.78 is 29.7. The summed E-state index contributed by atoms with van der Waals surface area (Å²) in [6, 6.07) is -0.767. The van der Waals surface area contributed by atoms with Crippen LogP contribution in [0.1, 0.15) is 126 Å². The van der Waals surface area contributed by atoms with E-state index < -0.39 is 71.9 Å². The number of methoxy groups -OCH3 is 3. The van der Waals surface area contributed by atoms with Crippen LogP contribution in [0.4, 0.5) is 0 Å². The Morgan fingerprint density at radius 1 is 0.859 bits per heavy atom. The van der Waals surface area contributed by atoms with Crippen LogP contribution in [0.2, 0.25) is 0 Å². The molecule has 0 amide bonds. The van der Waals surface area contributed by atoms with Gasteiger partial charge in [0.2, 0.25) is 11.6 Å². The highest BCUT2D eigenvalue weighted by atomic mass is 16.6. The van der Waals surface area contributed by atoms with Crippen LogP contribution in [-0.2, 0) is 42.9 Å². The van der Waals surface area contributed by atoms with Gasteiger partial charge in [-0.15, -0.1) is 0 Å². The van der Waals surface area contributed by atoms with Gasteiger partial charge in [-0.3, -0.25) is 24.1 Å². The van der Waals surface area contributed by atoms with Crippen molar-refractivity contribution in [2.24, 2.45) is 35.5 Å². The number of ketones is 3. The Bertz CT molecular complexity index is 1670. The zero-order valence-corrected chi connectivity index (χ0v) is 40.4. The Morgan fingerprint density at radius 2 is 1.59 bits per heavy atom. The second-order valence-corrected chi connectivity index (χ2v) is 19.7. The van der Waals surface area contributed by atoms with E-state index in [1.54, 1.807) is 39.0 Å². The van der Waals surface area contributed by atoms with Crippen molar-refractivity contribution < 1.29 is 58.2 Å². The lowest BCUT2D eigenvalue weighted by atomic mass is 9.78. The first-order valence-electron chi connectivity index (χ1n) is 23.9. The number of ether oxygens (including phenoxy) is 5. The van der Waals surface area contributed by atoms with Gasteiger partial charge >= 0.3 is 5.97 Å². The van der Waals surface area contributed by atoms with Gasteiger partial charge in [-0.05, 0) is 107 Å². The number of hydrogen-bond acceptors (Lipinski definition) is 13. The third kappa shape index (κ3) is 14.6. The average molecular weight is 900 g/mol. The number of nitrogens with zero attached hydrogens (tertiary/aromatic N) is 1. The molecule has 4 aliphatic rings. The number of esters is 1. The lowest BCUT2D eigenvalue weighted by Gasteiger charge is -2.43. The molecule has 0 radical (unpaired) electrons. The summed E-state index contributed by atoms with van der Waals surface area (Å²) in [5, 5.41) is 33.9. The van der Waals surface area contributed by atoms with Crippen molar-refractivity contribution >= 4 is 23.3 Å². The average Bonchev–Trinajstić information content (AvgIpc) is 3.26. The highest BCUT2D eigenvalue weighted by molar-refractivity contribution is 5.89. The second kappa shape index (κ2) is 25.3. The molecule has 0 aromatic carbocycles. The van der Waals surface area contributed by atoms with E-state index in [0.29, 0.717) is 63.5 Å². The van der Waals surface area contributed by atoms with Crippen LogP contribution in [-0.4, -0.2) is 133 Å². The topological polar surface area (TPSA) is 178 Å². The molecular weight excluding hydrogens is 819 g/mol. The molecule has 64 heavy (non-hydrogen) atoms. The van der Waals surface area contributed by atoms with Crippen LogP contribution in [0.3, 0.4) is 0 Å². The molecule has 2 bridgehead atoms. The molecule has 2 saturated heterocycles. The lowest BCUT2D eigenvalue weighted by molar-refractivity contribution is -0.267. The summed E-state index contributed by atoms with van der Waals surface area (Å²) in [4.78, 5) is 58.2. The van der Waals surface area contributed by atoms with Crippen molar-refractivity contribution in [2.75, 3.05) is 34.4 Å². The molecule has 3 aliphatic heterocycles. The van der Waals surface area contributed by atoms with Crippen molar-refractivity contribution in [3.05, 3.63) is 47.6 Å². The molecule has 3 heterocycles. The van der Waals surface area contributed by atoms with Crippen LogP contribution in [0, 0.1) is 35.5 Å². The van der Waals surface area contributed by atoms with Crippen LogP contribution >= 0.6 is 0 Å². The number of cyclic esters (lactones) is 1. The monoisotopic (exact) mass is 900 g/mol. The molecule has 3 N–H and O–H groups in total. The molecule has 13 nitrogen and oxygen atoms in total. The minimum Gasteiger partial charge on any atom is -0.460 e. The quantitative estimate of drug-likeness (QED) is 0.191. The number of hydrogen-bond donors (Lipinski definition) is 3. The van der Waals surface area contributed by atoms with Crippen molar-refractivity contribution in [3.63, 3.8) is 0 Å². The van der Waals surface area contributed by atoms with E-state index in [2.05, 4.69) is 0 Å². The van der Waals surface area contributed by atoms with E-state index in [4.69, 9.17) is 23.7 Å². The Kier molecular flexibility index (Phi) is 21.2. The SMILES string of the molecule is CO[C@H]1C[C@@H]2CC[C@@H](C)[C@@](O)(O2)C(=O)CN2CCCC[C@H]2C(=O)O[C@H]([C@H](C)C[C@@H]2CC[C@@H](O)[C@H](OC)C2)CC(=O)[C@H](C)/C=C(\C)[C@@H](O)[C@@H](OC)C(=O)[C@H](C)C[C@H](C)/C=C/C=C/C=C/1C. The van der Waals surface area contributed by atoms with Crippen LogP contribution < -0.4 is 0 Å². The summed E-state index contributed by atoms with van der Waals surface area (Å²) in [6.45, 7) is 13.3. The highest BCUT2D eigenvalue weighted by Crippen LogP contribution is 2.37. The number of Topliss-reactive ketones (excluding diaryl/α,β-unsaturated/α-hetero) is 3. The minimum absolute atomic E-state index is 0.0453. The van der Waals surface area contributed by atoms with Gasteiger partial charge < -0.3 is 39.0 Å². The summed E-state index contributed by atoms with van der Waals surface area (Å²) in [6.07, 6.45) is 13.3. The van der Waals surface area contributed by atoms with Crippen molar-refractivity contribution in [1.29, 1.82) is 0 Å². The van der Waals surface area contributed by atoms with Crippen LogP contribution in [0.25, 0.3) is 0 Å². The number of aliphatic hydroxyl groups is 3. The van der Waals surface area contributed by atoms with E-state index >= 15 is 0 Å². The normalized spacial score (nSPS) is 41.1. The molecule has 15 atom stereocenters. The number of allylic oxidation sites excluding steroid dienone is 6. The Labute approximate surface area is 383 Å². The summed E-state index contributed by atoms with van der Waals surface area (Å²) >= 11 is 0. The lowest BCUT2D eigenvalue weighted by Crippen LogP contribution is -2.58. The molecule has 13 heteroatoms. The second-order valence-electron chi connectivity index (χ2n) is 19.7. The molecule has 3 fully saturated rings. The van der Waals surface area contributed by atoms with Crippen LogP contribution in [0.15, 0.2) is 47.6 Å². The standard InChI is InChI=1S/C51H81NO12/c1-31-16-12-11-13-17-32(2)43(60-8)28-39-21-19-37(7)51(59,64-39)46(55)30-52-23-15-14-18-40(52)50(58)63-44(34(4)26-38-20-22-41(53)45(27-38)61-9)29-42(54)33(3)25-36(6)48(57)49(62-10)47(56)35(5)24-31/h11-13,16-17,25,31,33-35,37-41,43-45,48-49,53,57,59H,14-15,18-24,26-30H2,1-10H3/b13-11+,16-12+,32-17+,36-25+/t31-,33-,34-,35-,37-,38+,39+,40+,41-,43+,44+,45-,48-,49+,51-/m1/s1. The van der Waals surface area contributed by atoms with Gasteiger partial charge in [-0.25, -0.2) is 0 Å².